The quantitative estimate of drug-likeness (QED) is 0.231. The predicted molar refractivity (Wildman–Crippen MR) is 137 cm³/mol. The topological polar surface area (TPSA) is 72.9 Å². The summed E-state index contributed by atoms with van der Waals surface area (Å²) >= 11 is 0. The number of halogens is 3. The molecule has 2 aliphatic rings. The number of hydrogen-bond acceptors (Lipinski definition) is 6. The minimum Gasteiger partial charge on any atom is -0.465 e. The van der Waals surface area contributed by atoms with Gasteiger partial charge in [-0.25, -0.2) is 0 Å². The van der Waals surface area contributed by atoms with Gasteiger partial charge in [0.2, 0.25) is 0 Å². The van der Waals surface area contributed by atoms with E-state index in [-0.39, 0.29) is 12.5 Å². The van der Waals surface area contributed by atoms with Crippen molar-refractivity contribution in [2.75, 3.05) is 26.2 Å². The second-order valence-electron chi connectivity index (χ2n) is 9.54. The van der Waals surface area contributed by atoms with Crippen molar-refractivity contribution < 1.29 is 35.3 Å². The molecule has 0 radical (unpaired) electrons. The third kappa shape index (κ3) is 7.26. The molecule has 0 bridgehead atoms. The minimum absolute atomic E-state index is 0.246. The van der Waals surface area contributed by atoms with Gasteiger partial charge in [0.1, 0.15) is 11.7 Å². The normalized spacial score (nSPS) is 18.0. The standard InChI is InChI=1S/C28H30F3NO5S/c29-28(30,31)38(34,35)37-25-13-11-24(12-14-25)26(23-9-5-2-6-10-23)27(33)36-20-22-15-17-32(18-16-22)19-21-7-3-1-4-8-21/h1-3,5-7,9-14,22,26H,4,8,15-20H2. The molecule has 0 spiro atoms. The summed E-state index contributed by atoms with van der Waals surface area (Å²) in [7, 11) is -5.79. The van der Waals surface area contributed by atoms with E-state index in [2.05, 4.69) is 27.3 Å². The number of carbonyl (C=O) groups is 1. The summed E-state index contributed by atoms with van der Waals surface area (Å²) in [6.07, 6.45) is 10.5. The highest BCUT2D eigenvalue weighted by atomic mass is 32.2. The van der Waals surface area contributed by atoms with Crippen LogP contribution in [-0.2, 0) is 19.6 Å². The largest absolute Gasteiger partial charge is 0.534 e. The van der Waals surface area contributed by atoms with E-state index in [1.54, 1.807) is 30.3 Å². The smallest absolute Gasteiger partial charge is 0.465 e. The molecule has 0 N–H and O–H groups in total. The molecule has 6 nitrogen and oxygen atoms in total. The Balaban J connectivity index is 1.38. The lowest BCUT2D eigenvalue weighted by Gasteiger charge is -2.32. The Morgan fingerprint density at radius 1 is 1.00 bits per heavy atom. The molecule has 1 saturated heterocycles. The Morgan fingerprint density at radius 2 is 1.66 bits per heavy atom. The van der Waals surface area contributed by atoms with Crippen molar-refractivity contribution in [1.29, 1.82) is 0 Å². The molecule has 204 valence electrons. The van der Waals surface area contributed by atoms with Crippen molar-refractivity contribution in [3.63, 3.8) is 0 Å². The zero-order valence-corrected chi connectivity index (χ0v) is 21.6. The average molecular weight is 550 g/mol. The highest BCUT2D eigenvalue weighted by molar-refractivity contribution is 7.88. The molecule has 2 aromatic carbocycles. The Bertz CT molecular complexity index is 1250. The number of piperidine rings is 1. The number of esters is 1. The lowest BCUT2D eigenvalue weighted by atomic mass is 9.91. The number of carbonyl (C=O) groups excluding carboxylic acids is 1. The number of ether oxygens (including phenoxy) is 1. The lowest BCUT2D eigenvalue weighted by Crippen LogP contribution is -2.37. The number of rotatable bonds is 9. The number of benzene rings is 2. The van der Waals surface area contributed by atoms with Gasteiger partial charge in [0.05, 0.1) is 6.61 Å². The van der Waals surface area contributed by atoms with Crippen LogP contribution >= 0.6 is 0 Å². The van der Waals surface area contributed by atoms with E-state index < -0.39 is 33.3 Å². The van der Waals surface area contributed by atoms with Crippen LogP contribution in [0.4, 0.5) is 13.2 Å². The molecular weight excluding hydrogens is 519 g/mol. The van der Waals surface area contributed by atoms with Gasteiger partial charge in [-0.2, -0.15) is 21.6 Å². The van der Waals surface area contributed by atoms with Gasteiger partial charge in [-0.05, 0) is 68.0 Å². The van der Waals surface area contributed by atoms with Gasteiger partial charge < -0.3 is 8.92 Å². The number of allylic oxidation sites excluding steroid dienone is 3. The number of nitrogens with zero attached hydrogens (tertiary/aromatic N) is 1. The fourth-order valence-electron chi connectivity index (χ4n) is 4.67. The maximum atomic E-state index is 13.2. The van der Waals surface area contributed by atoms with Gasteiger partial charge in [0.25, 0.3) is 0 Å². The van der Waals surface area contributed by atoms with E-state index in [1.165, 1.54) is 17.7 Å². The van der Waals surface area contributed by atoms with Gasteiger partial charge in [-0.15, -0.1) is 0 Å². The minimum atomic E-state index is -5.79. The second-order valence-corrected chi connectivity index (χ2v) is 11.1. The van der Waals surface area contributed by atoms with Gasteiger partial charge in [0.15, 0.2) is 0 Å². The molecule has 1 aliphatic carbocycles. The van der Waals surface area contributed by atoms with Gasteiger partial charge in [-0.1, -0.05) is 66.3 Å². The SMILES string of the molecule is O=C(OCC1CCN(CC2=CC=CCC2)CC1)C(c1ccccc1)c1ccc(OS(=O)(=O)C(F)(F)F)cc1. The Morgan fingerprint density at radius 3 is 2.26 bits per heavy atom. The van der Waals surface area contributed by atoms with Crippen LogP contribution in [0.1, 0.15) is 42.7 Å². The van der Waals surface area contributed by atoms with Crippen molar-refractivity contribution >= 4 is 16.1 Å². The van der Waals surface area contributed by atoms with Crippen molar-refractivity contribution in [2.45, 2.75) is 37.1 Å². The van der Waals surface area contributed by atoms with Gasteiger partial charge in [-0.3, -0.25) is 9.69 Å². The van der Waals surface area contributed by atoms with Crippen LogP contribution in [0, 0.1) is 5.92 Å². The van der Waals surface area contributed by atoms with Crippen LogP contribution in [0.3, 0.4) is 0 Å². The van der Waals surface area contributed by atoms with E-state index in [0.717, 1.165) is 57.5 Å². The Hall–Kier alpha value is -3.11. The zero-order valence-electron chi connectivity index (χ0n) is 20.8. The van der Waals surface area contributed by atoms with E-state index in [4.69, 9.17) is 4.74 Å². The summed E-state index contributed by atoms with van der Waals surface area (Å²) < 4.78 is 70.4. The molecule has 4 rings (SSSR count). The van der Waals surface area contributed by atoms with Crippen molar-refractivity contribution in [3.8, 4) is 5.75 Å². The molecule has 2 aromatic rings. The van der Waals surface area contributed by atoms with Crippen LogP contribution in [0.15, 0.2) is 78.4 Å². The predicted octanol–water partition coefficient (Wildman–Crippen LogP) is 5.58. The molecule has 38 heavy (non-hydrogen) atoms. The summed E-state index contributed by atoms with van der Waals surface area (Å²) in [5.41, 5.74) is -3.00. The lowest BCUT2D eigenvalue weighted by molar-refractivity contribution is -0.146. The van der Waals surface area contributed by atoms with Crippen molar-refractivity contribution in [3.05, 3.63) is 89.5 Å². The van der Waals surface area contributed by atoms with Crippen LogP contribution in [0.2, 0.25) is 0 Å². The molecule has 1 aliphatic heterocycles. The van der Waals surface area contributed by atoms with Crippen molar-refractivity contribution in [1.82, 2.24) is 4.90 Å². The molecule has 0 amide bonds. The molecule has 10 heteroatoms. The Kier molecular flexibility index (Phi) is 8.94. The fourth-order valence-corrected chi connectivity index (χ4v) is 5.12. The Labute approximate surface area is 220 Å². The zero-order chi connectivity index (χ0) is 27.2. The molecule has 1 fully saturated rings. The summed E-state index contributed by atoms with van der Waals surface area (Å²) in [5.74, 6) is -1.56. The third-order valence-electron chi connectivity index (χ3n) is 6.77. The third-order valence-corrected chi connectivity index (χ3v) is 7.75. The van der Waals surface area contributed by atoms with Gasteiger partial charge in [0, 0.05) is 6.54 Å². The molecule has 0 aromatic heterocycles. The highest BCUT2D eigenvalue weighted by Crippen LogP contribution is 2.31. The summed E-state index contributed by atoms with van der Waals surface area (Å²) in [4.78, 5) is 15.7. The first-order valence-electron chi connectivity index (χ1n) is 12.5. The number of alkyl halides is 3. The first kappa shape index (κ1) is 27.9. The number of hydrogen-bond donors (Lipinski definition) is 0. The monoisotopic (exact) mass is 549 g/mol. The number of likely N-dealkylation sites (tertiary alicyclic amines) is 1. The van der Waals surface area contributed by atoms with E-state index in [0.29, 0.717) is 11.1 Å². The van der Waals surface area contributed by atoms with E-state index in [1.807, 2.05) is 0 Å². The van der Waals surface area contributed by atoms with E-state index in [9.17, 15) is 26.4 Å². The summed E-state index contributed by atoms with van der Waals surface area (Å²) in [6, 6.07) is 13.8. The average Bonchev–Trinajstić information content (AvgIpc) is 2.90. The fraction of sp³-hybridized carbons (Fsp3) is 0.393. The molecule has 1 unspecified atom stereocenters. The summed E-state index contributed by atoms with van der Waals surface area (Å²) in [6.45, 7) is 3.13. The molecule has 1 heterocycles. The van der Waals surface area contributed by atoms with Crippen LogP contribution in [0.25, 0.3) is 0 Å². The van der Waals surface area contributed by atoms with Crippen molar-refractivity contribution in [2.24, 2.45) is 5.92 Å². The van der Waals surface area contributed by atoms with Crippen LogP contribution < -0.4 is 4.18 Å². The van der Waals surface area contributed by atoms with Crippen LogP contribution in [0.5, 0.6) is 5.75 Å². The van der Waals surface area contributed by atoms with Crippen LogP contribution in [-0.4, -0.2) is 51.0 Å². The molecule has 1 atom stereocenters. The summed E-state index contributed by atoms with van der Waals surface area (Å²) in [5, 5.41) is 0. The maximum absolute atomic E-state index is 13.2. The molecule has 0 saturated carbocycles. The second kappa shape index (κ2) is 12.2. The van der Waals surface area contributed by atoms with Gasteiger partial charge >= 0.3 is 21.6 Å². The first-order chi connectivity index (χ1) is 18.1. The highest BCUT2D eigenvalue weighted by Gasteiger charge is 2.48. The van der Waals surface area contributed by atoms with E-state index >= 15 is 0 Å². The molecular formula is C28H30F3NO5S. The maximum Gasteiger partial charge on any atom is 0.534 e. The first-order valence-corrected chi connectivity index (χ1v) is 13.9.